The molecule has 0 bridgehead atoms. The van der Waals surface area contributed by atoms with Crippen molar-refractivity contribution in [2.45, 2.75) is 25.3 Å². The van der Waals surface area contributed by atoms with E-state index < -0.39 is 10.8 Å². The zero-order valence-electron chi connectivity index (χ0n) is 14.7. The highest BCUT2D eigenvalue weighted by molar-refractivity contribution is 5.99. The van der Waals surface area contributed by atoms with Gasteiger partial charge in [0, 0.05) is 6.07 Å². The third-order valence-corrected chi connectivity index (χ3v) is 4.62. The summed E-state index contributed by atoms with van der Waals surface area (Å²) >= 11 is 0. The first-order valence-corrected chi connectivity index (χ1v) is 8.34. The highest BCUT2D eigenvalue weighted by Gasteiger charge is 2.28. The Kier molecular flexibility index (Phi) is 5.06. The summed E-state index contributed by atoms with van der Waals surface area (Å²) in [6.07, 6.45) is 2.72. The highest BCUT2D eigenvalue weighted by Crippen LogP contribution is 2.35. The van der Waals surface area contributed by atoms with E-state index in [1.165, 1.54) is 31.9 Å². The maximum Gasteiger partial charge on any atom is 0.286 e. The second kappa shape index (κ2) is 7.43. The van der Waals surface area contributed by atoms with Crippen LogP contribution in [0, 0.1) is 10.1 Å². The first-order valence-electron chi connectivity index (χ1n) is 8.34. The number of rotatable bonds is 5. The zero-order valence-corrected chi connectivity index (χ0v) is 14.7. The molecule has 0 saturated carbocycles. The first kappa shape index (κ1) is 17.7. The van der Waals surface area contributed by atoms with Crippen molar-refractivity contribution in [2.75, 3.05) is 14.2 Å². The summed E-state index contributed by atoms with van der Waals surface area (Å²) < 4.78 is 10.3. The number of amides is 1. The van der Waals surface area contributed by atoms with E-state index in [1.54, 1.807) is 0 Å². The van der Waals surface area contributed by atoms with Crippen molar-refractivity contribution >= 4 is 11.6 Å². The molecule has 7 nitrogen and oxygen atoms in total. The topological polar surface area (TPSA) is 90.7 Å². The summed E-state index contributed by atoms with van der Waals surface area (Å²) in [6, 6.07) is 10.3. The Morgan fingerprint density at radius 3 is 2.58 bits per heavy atom. The third-order valence-electron chi connectivity index (χ3n) is 4.62. The van der Waals surface area contributed by atoms with E-state index in [0.29, 0.717) is 0 Å². The molecule has 0 radical (unpaired) electrons. The van der Waals surface area contributed by atoms with Crippen LogP contribution >= 0.6 is 0 Å². The number of benzene rings is 2. The summed E-state index contributed by atoms with van der Waals surface area (Å²) in [5, 5.41) is 14.3. The summed E-state index contributed by atoms with van der Waals surface area (Å²) in [6.45, 7) is 0. The number of hydrogen-bond acceptors (Lipinski definition) is 5. The molecular formula is C19H20N2O5. The second-order valence-corrected chi connectivity index (χ2v) is 6.10. The molecule has 7 heteroatoms. The molecule has 3 rings (SSSR count). The van der Waals surface area contributed by atoms with Gasteiger partial charge in [-0.3, -0.25) is 14.9 Å². The molecule has 0 heterocycles. The minimum atomic E-state index is -0.592. The fourth-order valence-corrected chi connectivity index (χ4v) is 3.34. The van der Waals surface area contributed by atoms with Crippen LogP contribution in [0.25, 0.3) is 0 Å². The van der Waals surface area contributed by atoms with Gasteiger partial charge in [-0.2, -0.15) is 0 Å². The van der Waals surface area contributed by atoms with Crippen LogP contribution in [0.3, 0.4) is 0 Å². The molecule has 0 aliphatic heterocycles. The van der Waals surface area contributed by atoms with E-state index in [9.17, 15) is 14.9 Å². The molecular weight excluding hydrogens is 336 g/mol. The molecule has 2 aromatic carbocycles. The van der Waals surface area contributed by atoms with Crippen molar-refractivity contribution in [2.24, 2.45) is 0 Å². The average molecular weight is 356 g/mol. The lowest BCUT2D eigenvalue weighted by Crippen LogP contribution is -2.31. The number of hydrogen-bond donors (Lipinski definition) is 1. The van der Waals surface area contributed by atoms with Crippen LogP contribution in [0.1, 0.15) is 40.4 Å². The normalized spacial score (nSPS) is 15.7. The Morgan fingerprint density at radius 1 is 1.19 bits per heavy atom. The number of carbonyl (C=O) groups is 1. The van der Waals surface area contributed by atoms with Crippen molar-refractivity contribution in [1.29, 1.82) is 0 Å². The predicted molar refractivity (Wildman–Crippen MR) is 95.8 cm³/mol. The summed E-state index contributed by atoms with van der Waals surface area (Å²) in [5.74, 6) is -0.0228. The number of aryl methyl sites for hydroxylation is 1. The molecule has 1 atom stereocenters. The van der Waals surface area contributed by atoms with Gasteiger partial charge in [0.25, 0.3) is 11.6 Å². The molecule has 2 aromatic rings. The van der Waals surface area contributed by atoms with Gasteiger partial charge in [-0.25, -0.2) is 0 Å². The number of nitro benzene ring substituents is 1. The van der Waals surface area contributed by atoms with Crippen LogP contribution in [0.5, 0.6) is 11.5 Å². The van der Waals surface area contributed by atoms with Crippen molar-refractivity contribution in [3.05, 3.63) is 63.2 Å². The average Bonchev–Trinajstić information content (AvgIpc) is 2.67. The number of carbonyl (C=O) groups excluding carboxylic acids is 1. The van der Waals surface area contributed by atoms with Crippen LogP contribution in [0.15, 0.2) is 36.4 Å². The molecule has 1 aliphatic carbocycles. The van der Waals surface area contributed by atoms with Crippen LogP contribution in [-0.4, -0.2) is 25.1 Å². The van der Waals surface area contributed by atoms with Crippen LogP contribution in [0.2, 0.25) is 0 Å². The number of fused-ring (bicyclic) bond motifs is 1. The van der Waals surface area contributed by atoms with Crippen molar-refractivity contribution in [3.63, 3.8) is 0 Å². The lowest BCUT2D eigenvalue weighted by Gasteiger charge is -2.26. The molecule has 26 heavy (non-hydrogen) atoms. The van der Waals surface area contributed by atoms with Gasteiger partial charge in [0.05, 0.1) is 31.3 Å². The molecule has 1 unspecified atom stereocenters. The van der Waals surface area contributed by atoms with Crippen molar-refractivity contribution in [1.82, 2.24) is 5.32 Å². The lowest BCUT2D eigenvalue weighted by atomic mass is 9.87. The quantitative estimate of drug-likeness (QED) is 0.655. The maximum atomic E-state index is 12.8. The van der Waals surface area contributed by atoms with E-state index in [-0.39, 0.29) is 28.8 Å². The Morgan fingerprint density at radius 2 is 1.88 bits per heavy atom. The molecule has 1 N–H and O–H groups in total. The molecule has 1 aliphatic rings. The molecule has 0 fully saturated rings. The number of nitrogens with one attached hydrogen (secondary N) is 1. The number of ether oxygens (including phenoxy) is 2. The van der Waals surface area contributed by atoms with Gasteiger partial charge < -0.3 is 14.8 Å². The molecule has 136 valence electrons. The zero-order chi connectivity index (χ0) is 18.7. The lowest BCUT2D eigenvalue weighted by molar-refractivity contribution is -0.385. The number of nitro groups is 1. The summed E-state index contributed by atoms with van der Waals surface area (Å²) in [5.41, 5.74) is 1.90. The van der Waals surface area contributed by atoms with Crippen LogP contribution in [0.4, 0.5) is 5.69 Å². The smallest absolute Gasteiger partial charge is 0.286 e. The largest absolute Gasteiger partial charge is 0.493 e. The summed E-state index contributed by atoms with van der Waals surface area (Å²) in [7, 11) is 2.81. The second-order valence-electron chi connectivity index (χ2n) is 6.10. The molecule has 1 amide bonds. The molecule has 0 saturated heterocycles. The molecule has 0 spiro atoms. The van der Waals surface area contributed by atoms with Crippen LogP contribution < -0.4 is 14.8 Å². The Hall–Kier alpha value is -3.09. The van der Waals surface area contributed by atoms with Gasteiger partial charge in [-0.05, 0) is 30.4 Å². The van der Waals surface area contributed by atoms with E-state index in [1.807, 2.05) is 24.3 Å². The number of methoxy groups -OCH3 is 2. The predicted octanol–water partition coefficient (Wildman–Crippen LogP) is 3.42. The fourth-order valence-electron chi connectivity index (χ4n) is 3.34. The number of nitrogens with zero attached hydrogens (tertiary/aromatic N) is 1. The van der Waals surface area contributed by atoms with Gasteiger partial charge in [0.2, 0.25) is 0 Å². The highest BCUT2D eigenvalue weighted by atomic mass is 16.6. The SMILES string of the molecule is COc1cc(C(=O)NC2CCCc3ccccc32)c([N+](=O)[O-])cc1OC. The van der Waals surface area contributed by atoms with Crippen molar-refractivity contribution < 1.29 is 19.2 Å². The van der Waals surface area contributed by atoms with E-state index in [0.717, 1.165) is 24.8 Å². The Labute approximate surface area is 151 Å². The Balaban J connectivity index is 1.94. The van der Waals surface area contributed by atoms with E-state index in [4.69, 9.17) is 9.47 Å². The van der Waals surface area contributed by atoms with Crippen LogP contribution in [-0.2, 0) is 6.42 Å². The van der Waals surface area contributed by atoms with Gasteiger partial charge in [0.1, 0.15) is 5.56 Å². The third kappa shape index (κ3) is 3.33. The fraction of sp³-hybridized carbons (Fsp3) is 0.316. The van der Waals surface area contributed by atoms with Gasteiger partial charge >= 0.3 is 0 Å². The van der Waals surface area contributed by atoms with Gasteiger partial charge in [0.15, 0.2) is 11.5 Å². The van der Waals surface area contributed by atoms with Gasteiger partial charge in [-0.1, -0.05) is 24.3 Å². The minimum absolute atomic E-state index is 0.0456. The monoisotopic (exact) mass is 356 g/mol. The van der Waals surface area contributed by atoms with Crippen molar-refractivity contribution in [3.8, 4) is 11.5 Å². The van der Waals surface area contributed by atoms with Gasteiger partial charge in [-0.15, -0.1) is 0 Å². The summed E-state index contributed by atoms with van der Waals surface area (Å²) in [4.78, 5) is 23.6. The van der Waals surface area contributed by atoms with E-state index in [2.05, 4.69) is 5.32 Å². The minimum Gasteiger partial charge on any atom is -0.493 e. The molecule has 0 aromatic heterocycles. The standard InChI is InChI=1S/C19H20N2O5/c1-25-17-10-14(16(21(23)24)11-18(17)26-2)19(22)20-15-9-5-7-12-6-3-4-8-13(12)15/h3-4,6,8,10-11,15H,5,7,9H2,1-2H3,(H,20,22). The first-order chi connectivity index (χ1) is 12.5. The Bertz CT molecular complexity index is 850. The maximum absolute atomic E-state index is 12.8. The van der Waals surface area contributed by atoms with E-state index >= 15 is 0 Å².